The van der Waals surface area contributed by atoms with Crippen molar-refractivity contribution in [3.63, 3.8) is 0 Å². The molecule has 12 heteroatoms. The van der Waals surface area contributed by atoms with Gasteiger partial charge in [-0.05, 0) is 23.6 Å². The molecule has 0 spiro atoms. The van der Waals surface area contributed by atoms with Gasteiger partial charge in [-0.25, -0.2) is 14.4 Å². The quantitative estimate of drug-likeness (QED) is 0.684. The van der Waals surface area contributed by atoms with Crippen LogP contribution in [0, 0.1) is 11.7 Å². The van der Waals surface area contributed by atoms with Gasteiger partial charge in [-0.2, -0.15) is 17.0 Å². The highest BCUT2D eigenvalue weighted by molar-refractivity contribution is 7.86. The smallest absolute Gasteiger partial charge is 0.282 e. The molecule has 162 valence electrons. The molecule has 0 fully saturated rings. The van der Waals surface area contributed by atoms with Crippen LogP contribution in [0.5, 0.6) is 0 Å². The van der Waals surface area contributed by atoms with Crippen molar-refractivity contribution < 1.29 is 17.6 Å². The number of likely N-dealkylation sites (N-methyl/N-ethyl adjacent to an activating group) is 2. The molecule has 3 heterocycles. The third-order valence-corrected chi connectivity index (χ3v) is 6.93. The Morgan fingerprint density at radius 2 is 2.20 bits per heavy atom. The van der Waals surface area contributed by atoms with Gasteiger partial charge in [0.1, 0.15) is 22.4 Å². The Balaban J connectivity index is 1.82. The lowest BCUT2D eigenvalue weighted by Crippen LogP contribution is -2.48. The summed E-state index contributed by atoms with van der Waals surface area (Å²) < 4.78 is 40.9. The predicted molar refractivity (Wildman–Crippen MR) is 111 cm³/mol. The number of imidazole rings is 1. The zero-order chi connectivity index (χ0) is 22.1. The first-order valence-corrected chi connectivity index (χ1v) is 10.9. The third kappa shape index (κ3) is 4.53. The summed E-state index contributed by atoms with van der Waals surface area (Å²) in [5, 5.41) is 2.70. The van der Waals surface area contributed by atoms with E-state index in [-0.39, 0.29) is 25.6 Å². The maximum absolute atomic E-state index is 13.1. The molecule has 1 amide bonds. The second-order valence-electron chi connectivity index (χ2n) is 6.92. The molecule has 1 aliphatic heterocycles. The number of rotatable bonds is 6. The minimum absolute atomic E-state index is 0.118. The fraction of sp³-hybridized carbons (Fsp3) is 0.389. The zero-order valence-corrected chi connectivity index (χ0v) is 18.3. The highest BCUT2D eigenvalue weighted by Gasteiger charge is 2.33. The summed E-state index contributed by atoms with van der Waals surface area (Å²) in [6.07, 6.45) is 2.84. The van der Waals surface area contributed by atoms with E-state index in [9.17, 15) is 17.6 Å². The van der Waals surface area contributed by atoms with Crippen LogP contribution in [0.25, 0.3) is 17.1 Å². The summed E-state index contributed by atoms with van der Waals surface area (Å²) in [4.78, 5) is 22.9. The van der Waals surface area contributed by atoms with Gasteiger partial charge in [0.25, 0.3) is 10.2 Å². The van der Waals surface area contributed by atoms with Crippen molar-refractivity contribution in [3.05, 3.63) is 41.1 Å². The van der Waals surface area contributed by atoms with Crippen LogP contribution in [0.4, 0.5) is 4.39 Å². The Hall–Kier alpha value is -2.34. The lowest BCUT2D eigenvalue weighted by Gasteiger charge is -2.32. The minimum atomic E-state index is -3.80. The summed E-state index contributed by atoms with van der Waals surface area (Å²) in [6, 6.07) is 2.77. The summed E-state index contributed by atoms with van der Waals surface area (Å²) >= 11 is 6.33. The Kier molecular flexibility index (Phi) is 6.56. The van der Waals surface area contributed by atoms with Crippen LogP contribution in [-0.4, -0.2) is 71.6 Å². The molecule has 1 aliphatic rings. The molecule has 9 nitrogen and oxygen atoms in total. The topological polar surface area (TPSA) is 111 Å². The van der Waals surface area contributed by atoms with Crippen molar-refractivity contribution in [2.75, 3.05) is 33.7 Å². The number of H-pyrrole nitrogens is 1. The number of carbonyl (C=O) groups excluding carboxylic acids is 1. The number of pyridine rings is 1. The molecule has 0 aliphatic carbocycles. The monoisotopic (exact) mass is 456 g/mol. The van der Waals surface area contributed by atoms with Crippen LogP contribution in [-0.2, 0) is 15.0 Å². The summed E-state index contributed by atoms with van der Waals surface area (Å²) in [7, 11) is -0.993. The van der Waals surface area contributed by atoms with Gasteiger partial charge in [0.15, 0.2) is 5.82 Å². The first kappa shape index (κ1) is 22.3. The predicted octanol–water partition coefficient (Wildman–Crippen LogP) is 1.52. The highest BCUT2D eigenvalue weighted by atomic mass is 35.5. The standard InChI is InChI=1S/C18H22ClFN6O3S/c1-11-9-26(30(28,29)25(3)10-15(27)21-2)7-6-13(11)16-17(19)24-18(23-16)14-5-4-12(20)8-22-14/h4-6,8,11H,7,9-10H2,1-3H3,(H,21,27)(H,23,24)/t11-/m1/s1. The van der Waals surface area contributed by atoms with Crippen molar-refractivity contribution in [2.45, 2.75) is 6.92 Å². The lowest BCUT2D eigenvalue weighted by atomic mass is 9.95. The van der Waals surface area contributed by atoms with Crippen LogP contribution in [0.2, 0.25) is 5.15 Å². The molecule has 2 aromatic heterocycles. The fourth-order valence-electron chi connectivity index (χ4n) is 3.14. The van der Waals surface area contributed by atoms with E-state index in [1.54, 1.807) is 6.08 Å². The zero-order valence-electron chi connectivity index (χ0n) is 16.7. The van der Waals surface area contributed by atoms with Crippen LogP contribution in [0.15, 0.2) is 24.4 Å². The van der Waals surface area contributed by atoms with Gasteiger partial charge >= 0.3 is 0 Å². The van der Waals surface area contributed by atoms with Crippen LogP contribution < -0.4 is 5.32 Å². The molecule has 0 unspecified atom stereocenters. The molecular formula is C18H22ClFN6O3S. The lowest BCUT2D eigenvalue weighted by molar-refractivity contribution is -0.120. The Morgan fingerprint density at radius 1 is 1.47 bits per heavy atom. The fourth-order valence-corrected chi connectivity index (χ4v) is 4.73. The number of nitrogens with zero attached hydrogens (tertiary/aromatic N) is 4. The van der Waals surface area contributed by atoms with Gasteiger partial charge in [0, 0.05) is 27.2 Å². The third-order valence-electron chi connectivity index (χ3n) is 4.79. The van der Waals surface area contributed by atoms with E-state index in [4.69, 9.17) is 11.6 Å². The van der Waals surface area contributed by atoms with Gasteiger partial charge < -0.3 is 10.3 Å². The van der Waals surface area contributed by atoms with Crippen molar-refractivity contribution in [3.8, 4) is 11.5 Å². The Bertz CT molecular complexity index is 1070. The van der Waals surface area contributed by atoms with Gasteiger partial charge in [0.05, 0.1) is 12.7 Å². The number of hydrogen-bond donors (Lipinski definition) is 2. The Labute approximate surface area is 179 Å². The Morgan fingerprint density at radius 3 is 2.80 bits per heavy atom. The molecule has 0 saturated carbocycles. The van der Waals surface area contributed by atoms with Gasteiger partial charge in [-0.15, -0.1) is 0 Å². The normalized spacial score (nSPS) is 17.8. The molecule has 2 aromatic rings. The van der Waals surface area contributed by atoms with Gasteiger partial charge in [-0.1, -0.05) is 24.6 Å². The number of nitrogens with one attached hydrogen (secondary N) is 2. The number of halogens is 2. The van der Waals surface area contributed by atoms with E-state index < -0.39 is 21.9 Å². The van der Waals surface area contributed by atoms with E-state index in [1.165, 1.54) is 30.5 Å². The number of amides is 1. The van der Waals surface area contributed by atoms with Crippen molar-refractivity contribution in [1.82, 2.24) is 28.9 Å². The number of aromatic nitrogens is 3. The number of carbonyl (C=O) groups is 1. The highest BCUT2D eigenvalue weighted by Crippen LogP contribution is 2.33. The molecular weight excluding hydrogens is 435 g/mol. The van der Waals surface area contributed by atoms with Crippen molar-refractivity contribution >= 4 is 33.3 Å². The molecule has 0 bridgehead atoms. The van der Waals surface area contributed by atoms with Gasteiger partial charge in [0.2, 0.25) is 5.91 Å². The number of aromatic amines is 1. The van der Waals surface area contributed by atoms with Crippen molar-refractivity contribution in [2.24, 2.45) is 5.92 Å². The molecule has 2 N–H and O–H groups in total. The second kappa shape index (κ2) is 8.80. The summed E-state index contributed by atoms with van der Waals surface area (Å²) in [6.45, 7) is 1.93. The van der Waals surface area contributed by atoms with Crippen LogP contribution in [0.3, 0.4) is 0 Å². The molecule has 30 heavy (non-hydrogen) atoms. The van der Waals surface area contributed by atoms with Crippen LogP contribution >= 0.6 is 11.6 Å². The van der Waals surface area contributed by atoms with Crippen LogP contribution in [0.1, 0.15) is 12.6 Å². The molecule has 0 saturated heterocycles. The SMILES string of the molecule is CNC(=O)CN(C)S(=O)(=O)N1CC=C(c2nc(-c3ccc(F)cn3)[nH]c2Cl)[C@H](C)C1. The van der Waals surface area contributed by atoms with E-state index in [0.717, 1.165) is 16.1 Å². The first-order valence-electron chi connectivity index (χ1n) is 9.13. The maximum atomic E-state index is 13.1. The molecule has 1 atom stereocenters. The van der Waals surface area contributed by atoms with E-state index in [1.807, 2.05) is 6.92 Å². The van der Waals surface area contributed by atoms with E-state index in [2.05, 4.69) is 20.3 Å². The largest absolute Gasteiger partial charge is 0.358 e. The van der Waals surface area contributed by atoms with E-state index in [0.29, 0.717) is 22.4 Å². The molecule has 0 radical (unpaired) electrons. The molecule has 3 rings (SSSR count). The first-order chi connectivity index (χ1) is 14.1. The number of hydrogen-bond acceptors (Lipinski definition) is 5. The minimum Gasteiger partial charge on any atom is -0.358 e. The summed E-state index contributed by atoms with van der Waals surface area (Å²) in [5.74, 6) is -0.657. The average molecular weight is 457 g/mol. The van der Waals surface area contributed by atoms with Gasteiger partial charge in [-0.3, -0.25) is 4.79 Å². The maximum Gasteiger partial charge on any atom is 0.282 e. The summed E-state index contributed by atoms with van der Waals surface area (Å²) in [5.41, 5.74) is 1.74. The van der Waals surface area contributed by atoms with Crippen molar-refractivity contribution in [1.29, 1.82) is 0 Å². The second-order valence-corrected chi connectivity index (χ2v) is 9.34. The molecule has 0 aromatic carbocycles. The average Bonchev–Trinajstić information content (AvgIpc) is 3.09. The van der Waals surface area contributed by atoms with E-state index >= 15 is 0 Å².